The second kappa shape index (κ2) is 10.8. The molecule has 0 radical (unpaired) electrons. The molecule has 1 aromatic heterocycles. The Balaban J connectivity index is 1.42. The van der Waals surface area contributed by atoms with Crippen LogP contribution in [0, 0.1) is 12.8 Å². The Kier molecular flexibility index (Phi) is 7.30. The minimum atomic E-state index is -0.696. The van der Waals surface area contributed by atoms with Gasteiger partial charge in [-0.2, -0.15) is 0 Å². The Morgan fingerprint density at radius 1 is 1.11 bits per heavy atom. The van der Waals surface area contributed by atoms with Crippen molar-refractivity contribution in [2.45, 2.75) is 51.6 Å². The number of nitrogens with zero attached hydrogens (tertiary/aromatic N) is 2. The number of carbonyl (C=O) groups excluding carboxylic acids is 1. The number of hydrogen-bond acceptors (Lipinski definition) is 5. The zero-order valence-corrected chi connectivity index (χ0v) is 21.2. The van der Waals surface area contributed by atoms with Gasteiger partial charge in [0.05, 0.1) is 18.9 Å². The van der Waals surface area contributed by atoms with Crippen molar-refractivity contribution >= 4 is 5.91 Å². The molecule has 1 aliphatic heterocycles. The van der Waals surface area contributed by atoms with Crippen LogP contribution in [0.5, 0.6) is 0 Å². The van der Waals surface area contributed by atoms with Crippen molar-refractivity contribution in [3.8, 4) is 5.69 Å². The van der Waals surface area contributed by atoms with E-state index in [2.05, 4.69) is 5.32 Å². The van der Waals surface area contributed by atoms with Crippen LogP contribution in [-0.4, -0.2) is 33.2 Å². The molecule has 1 aliphatic carbocycles. The number of carbonyl (C=O) groups is 1. The van der Waals surface area contributed by atoms with E-state index < -0.39 is 6.29 Å². The van der Waals surface area contributed by atoms with Crippen molar-refractivity contribution in [2.24, 2.45) is 13.0 Å². The highest BCUT2D eigenvalue weighted by Crippen LogP contribution is 2.33. The van der Waals surface area contributed by atoms with E-state index in [4.69, 9.17) is 9.47 Å². The molecule has 37 heavy (non-hydrogen) atoms. The maximum Gasteiger partial charge on any atom is 0.286 e. The number of aliphatic hydroxyl groups is 1. The Morgan fingerprint density at radius 3 is 2.49 bits per heavy atom. The molecular weight excluding hydrogens is 470 g/mol. The van der Waals surface area contributed by atoms with Crippen LogP contribution < -0.4 is 10.9 Å². The summed E-state index contributed by atoms with van der Waals surface area (Å²) in [4.78, 5) is 26.7. The summed E-state index contributed by atoms with van der Waals surface area (Å²) in [7, 11) is 1.86. The van der Waals surface area contributed by atoms with Crippen LogP contribution in [0.4, 0.5) is 0 Å². The van der Waals surface area contributed by atoms with Crippen LogP contribution in [0.1, 0.15) is 47.6 Å². The highest BCUT2D eigenvalue weighted by Gasteiger charge is 2.33. The van der Waals surface area contributed by atoms with Gasteiger partial charge >= 0.3 is 0 Å². The Bertz CT molecular complexity index is 1340. The van der Waals surface area contributed by atoms with Gasteiger partial charge in [0.15, 0.2) is 5.76 Å². The fourth-order valence-electron chi connectivity index (χ4n) is 4.71. The van der Waals surface area contributed by atoms with Crippen molar-refractivity contribution in [2.75, 3.05) is 6.54 Å². The van der Waals surface area contributed by atoms with Gasteiger partial charge in [0, 0.05) is 37.2 Å². The quantitative estimate of drug-likeness (QED) is 0.467. The standard InChI is InChI=1S/C29H33N3O5/c1-19-27(29(35)32(31(19)2)24-6-4-3-5-7-24)23-14-25(28(34)30-16-20-8-9-20)37-26(15-23)36-18-22-12-10-21(17-33)11-13-22/h3-7,10-14,20,23,26,33H,8-9,15-18H2,1-2H3,(H,30,34)/t23-,26+/m1/s1. The second-order valence-corrected chi connectivity index (χ2v) is 9.83. The van der Waals surface area contributed by atoms with Gasteiger partial charge in [0.2, 0.25) is 6.29 Å². The Hall–Kier alpha value is -3.62. The number of aliphatic hydroxyl groups excluding tert-OH is 1. The Labute approximate surface area is 216 Å². The van der Waals surface area contributed by atoms with E-state index in [1.807, 2.05) is 73.3 Å². The van der Waals surface area contributed by atoms with Crippen molar-refractivity contribution in [3.05, 3.63) is 99.2 Å². The average molecular weight is 504 g/mol. The van der Waals surface area contributed by atoms with E-state index in [9.17, 15) is 14.7 Å². The first-order chi connectivity index (χ1) is 17.9. The van der Waals surface area contributed by atoms with E-state index in [1.54, 1.807) is 10.8 Å². The van der Waals surface area contributed by atoms with Crippen LogP contribution in [0.3, 0.4) is 0 Å². The molecule has 8 heteroatoms. The van der Waals surface area contributed by atoms with E-state index in [0.717, 1.165) is 35.3 Å². The molecule has 3 aromatic rings. The highest BCUT2D eigenvalue weighted by atomic mass is 16.7. The summed E-state index contributed by atoms with van der Waals surface area (Å²) in [5.74, 6) is 0.0917. The molecule has 5 rings (SSSR count). The maximum atomic E-state index is 13.7. The number of aromatic nitrogens is 2. The summed E-state index contributed by atoms with van der Waals surface area (Å²) in [6, 6.07) is 17.0. The normalized spacial score (nSPS) is 19.3. The lowest BCUT2D eigenvalue weighted by Gasteiger charge is -2.29. The van der Waals surface area contributed by atoms with Gasteiger partial charge in [-0.05, 0) is 55.0 Å². The molecule has 0 saturated heterocycles. The summed E-state index contributed by atoms with van der Waals surface area (Å²) >= 11 is 0. The summed E-state index contributed by atoms with van der Waals surface area (Å²) in [6.07, 6.45) is 3.73. The monoisotopic (exact) mass is 503 g/mol. The van der Waals surface area contributed by atoms with Crippen LogP contribution in [0.2, 0.25) is 0 Å². The van der Waals surface area contributed by atoms with Gasteiger partial charge in [0.1, 0.15) is 0 Å². The average Bonchev–Trinajstić information content (AvgIpc) is 3.72. The number of amides is 1. The van der Waals surface area contributed by atoms with Crippen molar-refractivity contribution in [1.82, 2.24) is 14.7 Å². The van der Waals surface area contributed by atoms with E-state index in [1.165, 1.54) is 0 Å². The first kappa shape index (κ1) is 25.0. The highest BCUT2D eigenvalue weighted by molar-refractivity contribution is 5.91. The lowest BCUT2D eigenvalue weighted by atomic mass is 9.93. The van der Waals surface area contributed by atoms with Gasteiger partial charge in [-0.1, -0.05) is 42.5 Å². The number of hydrogen-bond donors (Lipinski definition) is 2. The van der Waals surface area contributed by atoms with Crippen LogP contribution in [-0.2, 0) is 34.5 Å². The molecular formula is C29H33N3O5. The first-order valence-electron chi connectivity index (χ1n) is 12.8. The molecule has 2 N–H and O–H groups in total. The zero-order chi connectivity index (χ0) is 25.9. The number of ether oxygens (including phenoxy) is 2. The van der Waals surface area contributed by atoms with Crippen LogP contribution in [0.15, 0.2) is 71.2 Å². The third-order valence-corrected chi connectivity index (χ3v) is 7.14. The fourth-order valence-corrected chi connectivity index (χ4v) is 4.71. The van der Waals surface area contributed by atoms with Gasteiger partial charge < -0.3 is 19.9 Å². The number of allylic oxidation sites excluding steroid dienone is 1. The molecule has 194 valence electrons. The lowest BCUT2D eigenvalue weighted by Crippen LogP contribution is -2.34. The number of rotatable bonds is 9. The minimum absolute atomic E-state index is 0.0182. The van der Waals surface area contributed by atoms with Crippen LogP contribution >= 0.6 is 0 Å². The molecule has 2 atom stereocenters. The van der Waals surface area contributed by atoms with Crippen LogP contribution in [0.25, 0.3) is 5.69 Å². The summed E-state index contributed by atoms with van der Waals surface area (Å²) < 4.78 is 15.6. The van der Waals surface area contributed by atoms with E-state index >= 15 is 0 Å². The predicted octanol–water partition coefficient (Wildman–Crippen LogP) is 3.43. The van der Waals surface area contributed by atoms with E-state index in [-0.39, 0.29) is 36.4 Å². The molecule has 0 spiro atoms. The SMILES string of the molecule is Cc1c([C@@H]2C=C(C(=O)NCC3CC3)O[C@H](OCc3ccc(CO)cc3)C2)c(=O)n(-c2ccccc2)n1C. The summed E-state index contributed by atoms with van der Waals surface area (Å²) in [5.41, 5.74) is 3.86. The molecule has 0 bridgehead atoms. The molecule has 1 amide bonds. The maximum absolute atomic E-state index is 13.7. The topological polar surface area (TPSA) is 94.7 Å². The third-order valence-electron chi connectivity index (χ3n) is 7.14. The summed E-state index contributed by atoms with van der Waals surface area (Å²) in [5, 5.41) is 12.2. The van der Waals surface area contributed by atoms with Crippen molar-refractivity contribution in [3.63, 3.8) is 0 Å². The molecule has 2 heterocycles. The van der Waals surface area contributed by atoms with Gasteiger partial charge in [-0.25, -0.2) is 4.68 Å². The zero-order valence-electron chi connectivity index (χ0n) is 21.2. The third kappa shape index (κ3) is 5.55. The van der Waals surface area contributed by atoms with E-state index in [0.29, 0.717) is 24.4 Å². The fraction of sp³-hybridized carbons (Fsp3) is 0.379. The molecule has 1 fully saturated rings. The minimum Gasteiger partial charge on any atom is -0.459 e. The molecule has 0 unspecified atom stereocenters. The molecule has 1 saturated carbocycles. The smallest absolute Gasteiger partial charge is 0.286 e. The number of nitrogens with one attached hydrogen (secondary N) is 1. The number of para-hydroxylation sites is 1. The first-order valence-corrected chi connectivity index (χ1v) is 12.8. The van der Waals surface area contributed by atoms with Gasteiger partial charge in [-0.3, -0.25) is 14.3 Å². The Morgan fingerprint density at radius 2 is 1.81 bits per heavy atom. The van der Waals surface area contributed by atoms with Gasteiger partial charge in [-0.15, -0.1) is 0 Å². The lowest BCUT2D eigenvalue weighted by molar-refractivity contribution is -0.150. The second-order valence-electron chi connectivity index (χ2n) is 9.83. The molecule has 8 nitrogen and oxygen atoms in total. The predicted molar refractivity (Wildman–Crippen MR) is 139 cm³/mol. The van der Waals surface area contributed by atoms with Crippen molar-refractivity contribution < 1.29 is 19.4 Å². The molecule has 2 aliphatic rings. The van der Waals surface area contributed by atoms with Gasteiger partial charge in [0.25, 0.3) is 11.5 Å². The largest absolute Gasteiger partial charge is 0.459 e. The molecule has 2 aromatic carbocycles. The number of benzene rings is 2. The summed E-state index contributed by atoms with van der Waals surface area (Å²) in [6.45, 7) is 2.81. The van der Waals surface area contributed by atoms with Crippen molar-refractivity contribution in [1.29, 1.82) is 0 Å².